The lowest BCUT2D eigenvalue weighted by Gasteiger charge is -2.19. The first-order valence-corrected chi connectivity index (χ1v) is 11.3. The molecule has 9 heteroatoms. The maximum Gasteiger partial charge on any atom is 0.339 e. The summed E-state index contributed by atoms with van der Waals surface area (Å²) >= 11 is 0. The van der Waals surface area contributed by atoms with Crippen LogP contribution in [0.1, 0.15) is 30.2 Å². The Morgan fingerprint density at radius 2 is 1.83 bits per heavy atom. The Hall–Kier alpha value is -4.40. The lowest BCUT2D eigenvalue weighted by Crippen LogP contribution is -2.21. The van der Waals surface area contributed by atoms with E-state index in [-0.39, 0.29) is 6.04 Å². The molecular weight excluding hydrogens is 448 g/mol. The predicted molar refractivity (Wildman–Crippen MR) is 130 cm³/mol. The molecule has 0 fully saturated rings. The molecule has 178 valence electrons. The van der Waals surface area contributed by atoms with Gasteiger partial charge in [0.15, 0.2) is 23.8 Å². The van der Waals surface area contributed by atoms with Crippen LogP contribution in [-0.2, 0) is 9.53 Å². The minimum absolute atomic E-state index is 0.0478. The predicted octanol–water partition coefficient (Wildman–Crippen LogP) is 4.25. The molecule has 2 aromatic carbocycles. The number of benzene rings is 2. The van der Waals surface area contributed by atoms with Crippen LogP contribution in [0.4, 0.5) is 5.69 Å². The number of anilines is 1. The first-order valence-electron chi connectivity index (χ1n) is 11.3. The molecule has 9 nitrogen and oxygen atoms in total. The van der Waals surface area contributed by atoms with E-state index in [2.05, 4.69) is 10.4 Å². The molecule has 1 N–H and O–H groups in total. The molecule has 0 saturated heterocycles. The Morgan fingerprint density at radius 1 is 1.06 bits per heavy atom. The number of ether oxygens (including phenoxy) is 3. The molecule has 0 unspecified atom stereocenters. The average Bonchev–Trinajstić information content (AvgIpc) is 3.31. The summed E-state index contributed by atoms with van der Waals surface area (Å²) < 4.78 is 18.1. The molecule has 1 aliphatic heterocycles. The van der Waals surface area contributed by atoms with Crippen molar-refractivity contribution in [1.82, 2.24) is 14.8 Å². The molecule has 3 heterocycles. The number of carbonyl (C=O) groups is 2. The number of nitrogens with one attached hydrogen (secondary N) is 1. The number of hydrogen-bond acceptors (Lipinski definition) is 7. The number of carbonyl (C=O) groups excluding carboxylic acids is 2. The lowest BCUT2D eigenvalue weighted by molar-refractivity contribution is -0.119. The van der Waals surface area contributed by atoms with Crippen LogP contribution >= 0.6 is 0 Å². The summed E-state index contributed by atoms with van der Waals surface area (Å²) in [5.74, 6) is 0.0797. The Morgan fingerprint density at radius 3 is 2.60 bits per heavy atom. The molecule has 0 radical (unpaired) electrons. The van der Waals surface area contributed by atoms with Crippen LogP contribution in [0.5, 0.6) is 11.5 Å². The van der Waals surface area contributed by atoms with Gasteiger partial charge in [-0.15, -0.1) is 0 Å². The van der Waals surface area contributed by atoms with E-state index in [4.69, 9.17) is 19.2 Å². The van der Waals surface area contributed by atoms with E-state index in [0.717, 1.165) is 5.56 Å². The Bertz CT molecular complexity index is 1400. The SMILES string of the molecule is CC(C)n1ncc2c(C(=O)OCC(=O)Nc3ccc4c(c3)OCCO4)cc(-c3ccccc3)nc21. The van der Waals surface area contributed by atoms with E-state index >= 15 is 0 Å². The van der Waals surface area contributed by atoms with Crippen LogP contribution in [0.2, 0.25) is 0 Å². The molecule has 2 aromatic heterocycles. The van der Waals surface area contributed by atoms with Gasteiger partial charge in [-0.05, 0) is 32.0 Å². The summed E-state index contributed by atoms with van der Waals surface area (Å²) in [5.41, 5.74) is 2.87. The molecule has 35 heavy (non-hydrogen) atoms. The molecule has 0 spiro atoms. The quantitative estimate of drug-likeness (QED) is 0.419. The fourth-order valence-electron chi connectivity index (χ4n) is 3.85. The molecule has 0 saturated carbocycles. The highest BCUT2D eigenvalue weighted by atomic mass is 16.6. The van der Waals surface area contributed by atoms with Gasteiger partial charge in [-0.2, -0.15) is 5.10 Å². The molecular formula is C26H24N4O5. The number of esters is 1. The first-order chi connectivity index (χ1) is 17.0. The molecule has 0 atom stereocenters. The number of nitrogens with zero attached hydrogens (tertiary/aromatic N) is 3. The van der Waals surface area contributed by atoms with Gasteiger partial charge in [-0.1, -0.05) is 30.3 Å². The van der Waals surface area contributed by atoms with Crippen molar-refractivity contribution < 1.29 is 23.8 Å². The summed E-state index contributed by atoms with van der Waals surface area (Å²) in [6.45, 7) is 4.46. The minimum Gasteiger partial charge on any atom is -0.486 e. The standard InChI is InChI=1S/C26H24N4O5/c1-16(2)30-25-20(14-27-30)19(13-21(29-25)17-6-4-3-5-7-17)26(32)35-15-24(31)28-18-8-9-22-23(12-18)34-11-10-33-22/h3-9,12-14,16H,10-11,15H2,1-2H3,(H,28,31). The van der Waals surface area contributed by atoms with Gasteiger partial charge in [0.05, 0.1) is 22.8 Å². The summed E-state index contributed by atoms with van der Waals surface area (Å²) in [6.07, 6.45) is 1.60. The van der Waals surface area contributed by atoms with Crippen molar-refractivity contribution >= 4 is 28.6 Å². The molecule has 1 amide bonds. The van der Waals surface area contributed by atoms with Gasteiger partial charge in [0.2, 0.25) is 0 Å². The first kappa shape index (κ1) is 22.4. The van der Waals surface area contributed by atoms with Crippen molar-refractivity contribution in [2.45, 2.75) is 19.9 Å². The van der Waals surface area contributed by atoms with Crippen molar-refractivity contribution in [2.24, 2.45) is 0 Å². The number of fused-ring (bicyclic) bond motifs is 2. The molecule has 0 aliphatic carbocycles. The van der Waals surface area contributed by atoms with Gasteiger partial charge in [0.25, 0.3) is 5.91 Å². The normalized spacial score (nSPS) is 12.5. The highest BCUT2D eigenvalue weighted by Crippen LogP contribution is 2.32. The summed E-state index contributed by atoms with van der Waals surface area (Å²) in [4.78, 5) is 30.3. The van der Waals surface area contributed by atoms with Gasteiger partial charge in [0, 0.05) is 23.4 Å². The van der Waals surface area contributed by atoms with E-state index in [9.17, 15) is 9.59 Å². The van der Waals surface area contributed by atoms with E-state index in [1.54, 1.807) is 35.1 Å². The van der Waals surface area contributed by atoms with Gasteiger partial charge >= 0.3 is 5.97 Å². The van der Waals surface area contributed by atoms with Crippen molar-refractivity contribution in [3.63, 3.8) is 0 Å². The minimum atomic E-state index is -0.629. The highest BCUT2D eigenvalue weighted by Gasteiger charge is 2.21. The van der Waals surface area contributed by atoms with Crippen molar-refractivity contribution in [3.05, 3.63) is 66.4 Å². The van der Waals surface area contributed by atoms with E-state index in [0.29, 0.717) is 52.7 Å². The summed E-state index contributed by atoms with van der Waals surface area (Å²) in [5, 5.41) is 7.68. The number of rotatable bonds is 6. The number of hydrogen-bond donors (Lipinski definition) is 1. The molecule has 1 aliphatic rings. The van der Waals surface area contributed by atoms with Crippen LogP contribution in [0.25, 0.3) is 22.3 Å². The number of pyridine rings is 1. The van der Waals surface area contributed by atoms with Gasteiger partial charge in [0.1, 0.15) is 13.2 Å². The fourth-order valence-corrected chi connectivity index (χ4v) is 3.85. The monoisotopic (exact) mass is 472 g/mol. The lowest BCUT2D eigenvalue weighted by atomic mass is 10.1. The van der Waals surface area contributed by atoms with Gasteiger partial charge in [-0.3, -0.25) is 4.79 Å². The largest absolute Gasteiger partial charge is 0.486 e. The summed E-state index contributed by atoms with van der Waals surface area (Å²) in [6, 6.07) is 16.4. The third kappa shape index (κ3) is 4.65. The molecule has 5 rings (SSSR count). The van der Waals surface area contributed by atoms with Crippen LogP contribution in [-0.4, -0.2) is 46.5 Å². The van der Waals surface area contributed by atoms with Gasteiger partial charge < -0.3 is 19.5 Å². The second-order valence-corrected chi connectivity index (χ2v) is 8.32. The van der Waals surface area contributed by atoms with Crippen molar-refractivity contribution in [2.75, 3.05) is 25.1 Å². The van der Waals surface area contributed by atoms with Gasteiger partial charge in [-0.25, -0.2) is 14.5 Å². The van der Waals surface area contributed by atoms with Crippen LogP contribution in [0.15, 0.2) is 60.8 Å². The zero-order valence-electron chi connectivity index (χ0n) is 19.4. The highest BCUT2D eigenvalue weighted by molar-refractivity contribution is 6.04. The topological polar surface area (TPSA) is 105 Å². The second-order valence-electron chi connectivity index (χ2n) is 8.32. The van der Waals surface area contributed by atoms with E-state index < -0.39 is 18.5 Å². The Kier molecular flexibility index (Phi) is 6.05. The number of aromatic nitrogens is 3. The zero-order chi connectivity index (χ0) is 24.4. The fraction of sp³-hybridized carbons (Fsp3) is 0.231. The van der Waals surface area contributed by atoms with Crippen molar-refractivity contribution in [1.29, 1.82) is 0 Å². The average molecular weight is 473 g/mol. The molecule has 0 bridgehead atoms. The number of amides is 1. The Balaban J connectivity index is 1.36. The van der Waals surface area contributed by atoms with Crippen LogP contribution in [0, 0.1) is 0 Å². The van der Waals surface area contributed by atoms with E-state index in [1.165, 1.54) is 0 Å². The third-order valence-corrected chi connectivity index (χ3v) is 5.51. The zero-order valence-corrected chi connectivity index (χ0v) is 19.4. The maximum atomic E-state index is 13.1. The third-order valence-electron chi connectivity index (χ3n) is 5.51. The van der Waals surface area contributed by atoms with Crippen molar-refractivity contribution in [3.8, 4) is 22.8 Å². The van der Waals surface area contributed by atoms with E-state index in [1.807, 2.05) is 44.2 Å². The second kappa shape index (κ2) is 9.46. The Labute approximate surface area is 201 Å². The smallest absolute Gasteiger partial charge is 0.339 e. The van der Waals surface area contributed by atoms with Crippen LogP contribution < -0.4 is 14.8 Å². The summed E-state index contributed by atoms with van der Waals surface area (Å²) in [7, 11) is 0. The molecule has 4 aromatic rings. The van der Waals surface area contributed by atoms with Crippen LogP contribution in [0.3, 0.4) is 0 Å². The maximum absolute atomic E-state index is 13.1.